The van der Waals surface area contributed by atoms with Gasteiger partial charge in [-0.15, -0.1) is 0 Å². The van der Waals surface area contributed by atoms with E-state index in [-0.39, 0.29) is 17.4 Å². The summed E-state index contributed by atoms with van der Waals surface area (Å²) in [5.74, 6) is -0.0828. The highest BCUT2D eigenvalue weighted by molar-refractivity contribution is 9.10. The first-order valence-corrected chi connectivity index (χ1v) is 6.05. The van der Waals surface area contributed by atoms with E-state index >= 15 is 0 Å². The third-order valence-electron chi connectivity index (χ3n) is 3.08. The van der Waals surface area contributed by atoms with E-state index in [1.165, 1.54) is 0 Å². The van der Waals surface area contributed by atoms with Crippen molar-refractivity contribution < 1.29 is 4.79 Å². The molecule has 4 heteroatoms. The van der Waals surface area contributed by atoms with E-state index < -0.39 is 0 Å². The monoisotopic (exact) mass is 282 g/mol. The van der Waals surface area contributed by atoms with Crippen molar-refractivity contribution in [2.75, 3.05) is 5.73 Å². The zero-order chi connectivity index (χ0) is 11.9. The second-order valence-electron chi connectivity index (χ2n) is 4.95. The molecule has 1 unspecified atom stereocenters. The van der Waals surface area contributed by atoms with E-state index in [1.54, 1.807) is 12.1 Å². The largest absolute Gasteiger partial charge is 0.398 e. The van der Waals surface area contributed by atoms with E-state index in [0.717, 1.165) is 10.9 Å². The van der Waals surface area contributed by atoms with Crippen LogP contribution in [-0.4, -0.2) is 11.9 Å². The standard InChI is InChI=1S/C12H15BrN2O/c1-12(2)6-10(12)15-11(16)8-4-3-7(13)5-9(8)14/h3-5,10H,6,14H2,1-2H3,(H,15,16). The number of nitrogens with one attached hydrogen (secondary N) is 1. The van der Waals surface area contributed by atoms with Gasteiger partial charge in [0.15, 0.2) is 0 Å². The maximum atomic E-state index is 11.9. The summed E-state index contributed by atoms with van der Waals surface area (Å²) in [7, 11) is 0. The first-order valence-electron chi connectivity index (χ1n) is 5.26. The second kappa shape index (κ2) is 3.77. The van der Waals surface area contributed by atoms with Gasteiger partial charge in [0.2, 0.25) is 0 Å². The molecule has 1 aliphatic carbocycles. The molecule has 1 saturated carbocycles. The summed E-state index contributed by atoms with van der Waals surface area (Å²) in [6, 6.07) is 5.59. The quantitative estimate of drug-likeness (QED) is 0.820. The van der Waals surface area contributed by atoms with Crippen LogP contribution in [0.2, 0.25) is 0 Å². The third-order valence-corrected chi connectivity index (χ3v) is 3.57. The molecule has 0 radical (unpaired) electrons. The molecule has 0 heterocycles. The minimum atomic E-state index is -0.0828. The van der Waals surface area contributed by atoms with Crippen LogP contribution in [-0.2, 0) is 0 Å². The molecule has 3 nitrogen and oxygen atoms in total. The van der Waals surface area contributed by atoms with Crippen LogP contribution in [0.25, 0.3) is 0 Å². The Kier molecular flexibility index (Phi) is 2.70. The summed E-state index contributed by atoms with van der Waals surface area (Å²) in [5.41, 5.74) is 7.08. The van der Waals surface area contributed by atoms with Gasteiger partial charge in [-0.25, -0.2) is 0 Å². The number of nitrogens with two attached hydrogens (primary N) is 1. The van der Waals surface area contributed by atoms with Gasteiger partial charge in [-0.1, -0.05) is 29.8 Å². The topological polar surface area (TPSA) is 55.1 Å². The Morgan fingerprint density at radius 3 is 2.69 bits per heavy atom. The lowest BCUT2D eigenvalue weighted by Crippen LogP contribution is -2.28. The van der Waals surface area contributed by atoms with Crippen molar-refractivity contribution in [3.8, 4) is 0 Å². The summed E-state index contributed by atoms with van der Waals surface area (Å²) in [5, 5.41) is 2.99. The van der Waals surface area contributed by atoms with Gasteiger partial charge in [-0.05, 0) is 30.0 Å². The lowest BCUT2D eigenvalue weighted by Gasteiger charge is -2.09. The van der Waals surface area contributed by atoms with Gasteiger partial charge < -0.3 is 11.1 Å². The number of halogens is 1. The lowest BCUT2D eigenvalue weighted by molar-refractivity contribution is 0.0947. The molecule has 16 heavy (non-hydrogen) atoms. The molecule has 86 valence electrons. The number of carbonyl (C=O) groups is 1. The lowest BCUT2D eigenvalue weighted by atomic mass is 10.1. The number of nitrogen functional groups attached to an aromatic ring is 1. The van der Waals surface area contributed by atoms with E-state index in [9.17, 15) is 4.79 Å². The first-order chi connectivity index (χ1) is 7.40. The van der Waals surface area contributed by atoms with Gasteiger partial charge in [0, 0.05) is 16.2 Å². The van der Waals surface area contributed by atoms with Crippen molar-refractivity contribution in [2.45, 2.75) is 26.3 Å². The van der Waals surface area contributed by atoms with Gasteiger partial charge >= 0.3 is 0 Å². The fourth-order valence-electron chi connectivity index (χ4n) is 1.69. The fraction of sp³-hybridized carbons (Fsp3) is 0.417. The maximum Gasteiger partial charge on any atom is 0.253 e. The Morgan fingerprint density at radius 2 is 2.19 bits per heavy atom. The van der Waals surface area contributed by atoms with Crippen LogP contribution in [0.15, 0.2) is 22.7 Å². The fourth-order valence-corrected chi connectivity index (χ4v) is 2.07. The van der Waals surface area contributed by atoms with Gasteiger partial charge in [0.05, 0.1) is 5.56 Å². The summed E-state index contributed by atoms with van der Waals surface area (Å²) in [6.45, 7) is 4.28. The van der Waals surface area contributed by atoms with E-state index in [2.05, 4.69) is 35.1 Å². The summed E-state index contributed by atoms with van der Waals surface area (Å²) in [6.07, 6.45) is 1.04. The molecule has 0 saturated heterocycles. The molecule has 0 aliphatic heterocycles. The van der Waals surface area contributed by atoms with Crippen LogP contribution in [0.3, 0.4) is 0 Å². The normalized spacial score (nSPS) is 21.6. The summed E-state index contributed by atoms with van der Waals surface area (Å²) < 4.78 is 0.883. The molecule has 2 rings (SSSR count). The number of rotatable bonds is 2. The van der Waals surface area contributed by atoms with Crippen LogP contribution in [0.5, 0.6) is 0 Å². The van der Waals surface area contributed by atoms with Crippen LogP contribution in [0.4, 0.5) is 5.69 Å². The molecule has 1 atom stereocenters. The van der Waals surface area contributed by atoms with Crippen molar-refractivity contribution in [1.82, 2.24) is 5.32 Å². The Labute approximate surface area is 104 Å². The van der Waals surface area contributed by atoms with E-state index in [4.69, 9.17) is 5.73 Å². The second-order valence-corrected chi connectivity index (χ2v) is 5.87. The van der Waals surface area contributed by atoms with Crippen molar-refractivity contribution in [1.29, 1.82) is 0 Å². The predicted molar refractivity (Wildman–Crippen MR) is 68.2 cm³/mol. The van der Waals surface area contributed by atoms with Crippen molar-refractivity contribution in [2.24, 2.45) is 5.41 Å². The highest BCUT2D eigenvalue weighted by atomic mass is 79.9. The van der Waals surface area contributed by atoms with Crippen LogP contribution in [0.1, 0.15) is 30.6 Å². The van der Waals surface area contributed by atoms with Crippen LogP contribution in [0, 0.1) is 5.41 Å². The van der Waals surface area contributed by atoms with Gasteiger partial charge in [0.25, 0.3) is 5.91 Å². The Bertz CT molecular complexity index is 443. The number of hydrogen-bond acceptors (Lipinski definition) is 2. The molecule has 1 aromatic carbocycles. The summed E-state index contributed by atoms with van der Waals surface area (Å²) in [4.78, 5) is 11.9. The van der Waals surface area contributed by atoms with Crippen molar-refractivity contribution >= 4 is 27.5 Å². The Hall–Kier alpha value is -1.03. The number of amides is 1. The van der Waals surface area contributed by atoms with Crippen molar-refractivity contribution in [3.63, 3.8) is 0 Å². The van der Waals surface area contributed by atoms with Gasteiger partial charge in [0.1, 0.15) is 0 Å². The van der Waals surface area contributed by atoms with Crippen LogP contribution >= 0.6 is 15.9 Å². The molecule has 1 aromatic rings. The minimum absolute atomic E-state index is 0.0828. The molecule has 1 amide bonds. The first kappa shape index (κ1) is 11.5. The average Bonchev–Trinajstić information content (AvgIpc) is 2.72. The maximum absolute atomic E-state index is 11.9. The minimum Gasteiger partial charge on any atom is -0.398 e. The molecule has 0 aromatic heterocycles. The Morgan fingerprint density at radius 1 is 1.56 bits per heavy atom. The Balaban J connectivity index is 2.10. The number of hydrogen-bond donors (Lipinski definition) is 2. The number of anilines is 1. The molecule has 1 fully saturated rings. The SMILES string of the molecule is CC1(C)CC1NC(=O)c1ccc(Br)cc1N. The molecular formula is C12H15BrN2O. The number of carbonyl (C=O) groups excluding carboxylic acids is 1. The van der Waals surface area contributed by atoms with Crippen molar-refractivity contribution in [3.05, 3.63) is 28.2 Å². The predicted octanol–water partition coefficient (Wildman–Crippen LogP) is 2.56. The third kappa shape index (κ3) is 2.21. The number of benzene rings is 1. The molecular weight excluding hydrogens is 268 g/mol. The zero-order valence-corrected chi connectivity index (χ0v) is 11.0. The molecule has 0 bridgehead atoms. The van der Waals surface area contributed by atoms with E-state index in [1.807, 2.05) is 6.07 Å². The van der Waals surface area contributed by atoms with Gasteiger partial charge in [-0.3, -0.25) is 4.79 Å². The molecule has 1 aliphatic rings. The average molecular weight is 283 g/mol. The highest BCUT2D eigenvalue weighted by Crippen LogP contribution is 2.44. The molecule has 3 N–H and O–H groups in total. The van der Waals surface area contributed by atoms with E-state index in [0.29, 0.717) is 11.3 Å². The highest BCUT2D eigenvalue weighted by Gasteiger charge is 2.46. The summed E-state index contributed by atoms with van der Waals surface area (Å²) >= 11 is 3.31. The smallest absolute Gasteiger partial charge is 0.253 e. The van der Waals surface area contributed by atoms with Gasteiger partial charge in [-0.2, -0.15) is 0 Å². The molecule has 0 spiro atoms. The van der Waals surface area contributed by atoms with Crippen LogP contribution < -0.4 is 11.1 Å². The zero-order valence-electron chi connectivity index (χ0n) is 9.38.